The fourth-order valence-corrected chi connectivity index (χ4v) is 3.82. The van der Waals surface area contributed by atoms with E-state index in [1.54, 1.807) is 6.07 Å². The second-order valence-electron chi connectivity index (χ2n) is 7.05. The lowest BCUT2D eigenvalue weighted by molar-refractivity contribution is 0.292. The number of nitrogens with zero attached hydrogens (tertiary/aromatic N) is 2. The topological polar surface area (TPSA) is 52.2 Å². The molecule has 0 aliphatic carbocycles. The van der Waals surface area contributed by atoms with Crippen LogP contribution in [-0.2, 0) is 13.1 Å². The van der Waals surface area contributed by atoms with Crippen LogP contribution in [0.25, 0.3) is 11.0 Å². The van der Waals surface area contributed by atoms with Crippen molar-refractivity contribution in [1.82, 2.24) is 9.13 Å². The molecule has 0 saturated heterocycles. The van der Waals surface area contributed by atoms with E-state index in [1.165, 1.54) is 0 Å². The van der Waals surface area contributed by atoms with Gasteiger partial charge in [-0.3, -0.25) is 5.41 Å². The second kappa shape index (κ2) is 9.94. The molecule has 5 nitrogen and oxygen atoms in total. The van der Waals surface area contributed by atoms with E-state index in [0.29, 0.717) is 47.7 Å². The van der Waals surface area contributed by atoms with Crippen LogP contribution in [0, 0.1) is 5.41 Å². The number of hydrogen-bond donors (Lipinski definition) is 1. The predicted octanol–water partition coefficient (Wildman–Crippen LogP) is 5.78. The lowest BCUT2D eigenvalue weighted by Crippen LogP contribution is -2.27. The molecule has 0 aliphatic rings. The number of aryl methyl sites for hydroxylation is 1. The standard InChI is InChI=1S/C24H23Cl2N3O2/c25-18-10-12-19(13-11-18)30-16-5-14-28-21-7-2-3-8-22(21)29(24(28)27)15-17-31-23-9-4-1-6-20(23)26/h1-4,6-13,27H,5,14-17H2. The molecule has 0 fully saturated rings. The van der Waals surface area contributed by atoms with Crippen molar-refractivity contribution in [2.45, 2.75) is 19.5 Å². The van der Waals surface area contributed by atoms with Gasteiger partial charge in [0.15, 0.2) is 0 Å². The number of fused-ring (bicyclic) bond motifs is 1. The van der Waals surface area contributed by atoms with Crippen molar-refractivity contribution in [3.63, 3.8) is 0 Å². The first-order valence-electron chi connectivity index (χ1n) is 10.1. The number of para-hydroxylation sites is 3. The van der Waals surface area contributed by atoms with Gasteiger partial charge in [0.1, 0.15) is 18.1 Å². The Morgan fingerprint density at radius 3 is 2.06 bits per heavy atom. The van der Waals surface area contributed by atoms with Gasteiger partial charge in [-0.05, 0) is 55.0 Å². The van der Waals surface area contributed by atoms with Crippen LogP contribution in [0.15, 0.2) is 72.8 Å². The van der Waals surface area contributed by atoms with Crippen LogP contribution < -0.4 is 15.1 Å². The molecule has 31 heavy (non-hydrogen) atoms. The second-order valence-corrected chi connectivity index (χ2v) is 7.89. The minimum absolute atomic E-state index is 0.425. The number of ether oxygens (including phenoxy) is 2. The first-order valence-corrected chi connectivity index (χ1v) is 10.9. The number of hydrogen-bond acceptors (Lipinski definition) is 3. The molecule has 0 radical (unpaired) electrons. The Hall–Kier alpha value is -2.89. The van der Waals surface area contributed by atoms with Gasteiger partial charge in [-0.15, -0.1) is 0 Å². The zero-order valence-electron chi connectivity index (χ0n) is 16.9. The number of imidazole rings is 1. The maximum atomic E-state index is 8.71. The fraction of sp³-hybridized carbons (Fsp3) is 0.208. The average molecular weight is 456 g/mol. The highest BCUT2D eigenvalue weighted by Crippen LogP contribution is 2.23. The zero-order valence-corrected chi connectivity index (χ0v) is 18.4. The lowest BCUT2D eigenvalue weighted by Gasteiger charge is -2.09. The summed E-state index contributed by atoms with van der Waals surface area (Å²) < 4.78 is 15.6. The van der Waals surface area contributed by atoms with Gasteiger partial charge < -0.3 is 18.6 Å². The highest BCUT2D eigenvalue weighted by molar-refractivity contribution is 6.32. The van der Waals surface area contributed by atoms with Crippen molar-refractivity contribution in [1.29, 1.82) is 5.41 Å². The highest BCUT2D eigenvalue weighted by Gasteiger charge is 2.11. The molecule has 0 unspecified atom stereocenters. The monoisotopic (exact) mass is 455 g/mol. The predicted molar refractivity (Wildman–Crippen MR) is 124 cm³/mol. The van der Waals surface area contributed by atoms with Crippen LogP contribution in [0.2, 0.25) is 10.0 Å². The molecule has 0 atom stereocenters. The summed E-state index contributed by atoms with van der Waals surface area (Å²) in [5.74, 6) is 1.44. The Morgan fingerprint density at radius 2 is 1.35 bits per heavy atom. The number of aromatic nitrogens is 2. The van der Waals surface area contributed by atoms with Gasteiger partial charge in [-0.25, -0.2) is 0 Å². The zero-order chi connectivity index (χ0) is 21.6. The van der Waals surface area contributed by atoms with E-state index in [-0.39, 0.29) is 0 Å². The molecule has 0 bridgehead atoms. The van der Waals surface area contributed by atoms with E-state index in [4.69, 9.17) is 38.1 Å². The van der Waals surface area contributed by atoms with Crippen molar-refractivity contribution in [3.8, 4) is 11.5 Å². The van der Waals surface area contributed by atoms with E-state index >= 15 is 0 Å². The number of nitrogens with one attached hydrogen (secondary N) is 1. The maximum absolute atomic E-state index is 8.71. The Labute approximate surface area is 190 Å². The van der Waals surface area contributed by atoms with Gasteiger partial charge in [0, 0.05) is 11.6 Å². The molecule has 160 valence electrons. The van der Waals surface area contributed by atoms with Gasteiger partial charge in [0.2, 0.25) is 5.62 Å². The summed E-state index contributed by atoms with van der Waals surface area (Å²) in [6, 6.07) is 22.8. The van der Waals surface area contributed by atoms with E-state index < -0.39 is 0 Å². The van der Waals surface area contributed by atoms with Crippen molar-refractivity contribution in [2.75, 3.05) is 13.2 Å². The van der Waals surface area contributed by atoms with Crippen LogP contribution in [-0.4, -0.2) is 22.3 Å². The Morgan fingerprint density at radius 1 is 0.710 bits per heavy atom. The van der Waals surface area contributed by atoms with Crippen LogP contribution in [0.5, 0.6) is 11.5 Å². The number of rotatable bonds is 9. The quantitative estimate of drug-likeness (QED) is 0.325. The van der Waals surface area contributed by atoms with E-state index in [0.717, 1.165) is 23.2 Å². The first kappa shape index (κ1) is 21.3. The fourth-order valence-electron chi connectivity index (χ4n) is 3.50. The summed E-state index contributed by atoms with van der Waals surface area (Å²) in [6.45, 7) is 2.22. The minimum Gasteiger partial charge on any atom is -0.494 e. The van der Waals surface area contributed by atoms with Crippen molar-refractivity contribution in [2.24, 2.45) is 0 Å². The highest BCUT2D eigenvalue weighted by atomic mass is 35.5. The molecular formula is C24H23Cl2N3O2. The third kappa shape index (κ3) is 5.06. The van der Waals surface area contributed by atoms with Gasteiger partial charge >= 0.3 is 0 Å². The van der Waals surface area contributed by atoms with Crippen LogP contribution in [0.1, 0.15) is 6.42 Å². The molecule has 0 saturated carbocycles. The summed E-state index contributed by atoms with van der Waals surface area (Å²) in [5.41, 5.74) is 2.47. The number of benzene rings is 3. The molecule has 7 heteroatoms. The Balaban J connectivity index is 1.43. The Kier molecular flexibility index (Phi) is 6.85. The molecule has 1 N–H and O–H groups in total. The molecule has 3 aromatic carbocycles. The smallest absolute Gasteiger partial charge is 0.203 e. The van der Waals surface area contributed by atoms with Crippen molar-refractivity contribution >= 4 is 34.2 Å². The molecular weight excluding hydrogens is 433 g/mol. The minimum atomic E-state index is 0.425. The summed E-state index contributed by atoms with van der Waals surface area (Å²) >= 11 is 12.1. The summed E-state index contributed by atoms with van der Waals surface area (Å²) in [6.07, 6.45) is 0.781. The lowest BCUT2D eigenvalue weighted by atomic mass is 10.3. The van der Waals surface area contributed by atoms with Crippen LogP contribution in [0.4, 0.5) is 0 Å². The van der Waals surface area contributed by atoms with E-state index in [9.17, 15) is 0 Å². The summed E-state index contributed by atoms with van der Waals surface area (Å²) in [5, 5.41) is 9.99. The summed E-state index contributed by atoms with van der Waals surface area (Å²) in [4.78, 5) is 0. The SMILES string of the molecule is N=c1n(CCCOc2ccc(Cl)cc2)c2ccccc2n1CCOc1ccccc1Cl. The molecule has 4 aromatic rings. The average Bonchev–Trinajstić information content (AvgIpc) is 3.05. The molecule has 0 aliphatic heterocycles. The maximum Gasteiger partial charge on any atom is 0.203 e. The van der Waals surface area contributed by atoms with Gasteiger partial charge in [0.05, 0.1) is 29.2 Å². The van der Waals surface area contributed by atoms with Gasteiger partial charge in [0.25, 0.3) is 0 Å². The van der Waals surface area contributed by atoms with Gasteiger partial charge in [-0.1, -0.05) is 47.5 Å². The molecule has 0 amide bonds. The number of halogens is 2. The molecule has 1 aromatic heterocycles. The molecule has 4 rings (SSSR count). The normalized spacial score (nSPS) is 11.0. The first-order chi connectivity index (χ1) is 15.1. The molecule has 0 spiro atoms. The summed E-state index contributed by atoms with van der Waals surface area (Å²) in [7, 11) is 0. The van der Waals surface area contributed by atoms with Crippen LogP contribution >= 0.6 is 23.2 Å². The van der Waals surface area contributed by atoms with E-state index in [2.05, 4.69) is 0 Å². The third-order valence-corrected chi connectivity index (χ3v) is 5.56. The van der Waals surface area contributed by atoms with E-state index in [1.807, 2.05) is 75.9 Å². The Bertz CT molecular complexity index is 1220. The largest absolute Gasteiger partial charge is 0.494 e. The van der Waals surface area contributed by atoms with Gasteiger partial charge in [-0.2, -0.15) is 0 Å². The van der Waals surface area contributed by atoms with Crippen LogP contribution in [0.3, 0.4) is 0 Å². The third-order valence-electron chi connectivity index (χ3n) is 4.99. The molecule has 1 heterocycles. The van der Waals surface area contributed by atoms with Crippen molar-refractivity contribution < 1.29 is 9.47 Å². The van der Waals surface area contributed by atoms with Crippen molar-refractivity contribution in [3.05, 3.63) is 88.5 Å².